The van der Waals surface area contributed by atoms with Crippen LogP contribution in [0.15, 0.2) is 62.4 Å². The van der Waals surface area contributed by atoms with Gasteiger partial charge in [-0.25, -0.2) is 9.59 Å². The lowest BCUT2D eigenvalue weighted by Crippen LogP contribution is -2.57. The van der Waals surface area contributed by atoms with Crippen LogP contribution < -0.4 is 16.7 Å². The van der Waals surface area contributed by atoms with Crippen molar-refractivity contribution in [3.63, 3.8) is 0 Å². The molecule has 3 fully saturated rings. The highest BCUT2D eigenvalue weighted by molar-refractivity contribution is 9.11. The van der Waals surface area contributed by atoms with Crippen molar-refractivity contribution in [2.75, 3.05) is 65.1 Å². The fraction of sp³-hybridized carbons (Fsp3) is 0.500. The molecule has 4 N–H and O–H groups in total. The third-order valence-electron chi connectivity index (χ3n) is 9.98. The molecule has 6 rings (SSSR count). The second kappa shape index (κ2) is 15.0. The molecule has 3 amide bonds. The average molecular weight is 773 g/mol. The Labute approximate surface area is 292 Å². The highest BCUT2D eigenvalue weighted by Gasteiger charge is 2.34. The first-order valence-corrected chi connectivity index (χ1v) is 18.1. The van der Waals surface area contributed by atoms with Crippen LogP contribution in [0.25, 0.3) is 11.3 Å². The Kier molecular flexibility index (Phi) is 10.7. The fourth-order valence-corrected chi connectivity index (χ4v) is 8.36. The number of hydrogen-bond acceptors (Lipinski definition) is 6. The number of halogens is 2. The minimum Gasteiger partial charge on any atom is -0.397 e. The number of likely N-dealkylation sites (tertiary alicyclic amines) is 2. The van der Waals surface area contributed by atoms with Crippen molar-refractivity contribution < 1.29 is 9.59 Å². The zero-order valence-corrected chi connectivity index (χ0v) is 30.0. The van der Waals surface area contributed by atoms with Crippen LogP contribution in [0.3, 0.4) is 0 Å². The van der Waals surface area contributed by atoms with E-state index in [2.05, 4.69) is 59.0 Å². The molecule has 11 nitrogen and oxygen atoms in total. The summed E-state index contributed by atoms with van der Waals surface area (Å²) < 4.78 is 3.24. The van der Waals surface area contributed by atoms with E-state index in [1.807, 2.05) is 53.6 Å². The summed E-state index contributed by atoms with van der Waals surface area (Å²) in [6, 6.07) is 13.1. The van der Waals surface area contributed by atoms with Gasteiger partial charge >= 0.3 is 11.7 Å². The molecule has 2 aromatic carbocycles. The summed E-state index contributed by atoms with van der Waals surface area (Å²) in [5.74, 6) is -0.0542. The molecule has 47 heavy (non-hydrogen) atoms. The second-order valence-corrected chi connectivity index (χ2v) is 14.7. The van der Waals surface area contributed by atoms with E-state index in [1.165, 1.54) is 0 Å². The maximum atomic E-state index is 14.1. The fourth-order valence-electron chi connectivity index (χ4n) is 7.08. The number of hydrogen-bond donors (Lipinski definition) is 3. The topological polar surface area (TPSA) is 123 Å². The first kappa shape index (κ1) is 33.8. The summed E-state index contributed by atoms with van der Waals surface area (Å²) in [7, 11) is 2.17. The minimum atomic E-state index is -0.719. The molecule has 1 atom stereocenters. The van der Waals surface area contributed by atoms with Crippen LogP contribution in [-0.2, 0) is 11.2 Å². The van der Waals surface area contributed by atoms with Crippen molar-refractivity contribution >= 4 is 49.5 Å². The van der Waals surface area contributed by atoms with Crippen molar-refractivity contribution in [3.8, 4) is 11.3 Å². The van der Waals surface area contributed by atoms with E-state index in [0.29, 0.717) is 57.2 Å². The predicted molar refractivity (Wildman–Crippen MR) is 191 cm³/mol. The van der Waals surface area contributed by atoms with E-state index >= 15 is 0 Å². The van der Waals surface area contributed by atoms with Crippen molar-refractivity contribution in [3.05, 3.63) is 73.7 Å². The van der Waals surface area contributed by atoms with Gasteiger partial charge in [-0.05, 0) is 87.9 Å². The summed E-state index contributed by atoms with van der Waals surface area (Å²) in [4.78, 5) is 52.1. The highest BCUT2D eigenvalue weighted by atomic mass is 79.9. The molecule has 3 saturated heterocycles. The van der Waals surface area contributed by atoms with E-state index in [9.17, 15) is 14.4 Å². The van der Waals surface area contributed by atoms with Crippen LogP contribution in [0.2, 0.25) is 0 Å². The lowest BCUT2D eigenvalue weighted by Gasteiger charge is -2.42. The molecule has 0 unspecified atom stereocenters. The molecule has 0 aliphatic carbocycles. The van der Waals surface area contributed by atoms with Crippen LogP contribution >= 0.6 is 31.9 Å². The van der Waals surface area contributed by atoms with Gasteiger partial charge in [0.05, 0.1) is 11.4 Å². The number of nitrogen functional groups attached to an aromatic ring is 1. The van der Waals surface area contributed by atoms with E-state index in [0.717, 1.165) is 64.8 Å². The van der Waals surface area contributed by atoms with Gasteiger partial charge < -0.3 is 30.7 Å². The van der Waals surface area contributed by atoms with Gasteiger partial charge in [0.15, 0.2) is 0 Å². The Morgan fingerprint density at radius 3 is 2.13 bits per heavy atom. The predicted octanol–water partition coefficient (Wildman–Crippen LogP) is 4.15. The summed E-state index contributed by atoms with van der Waals surface area (Å²) in [5, 5.41) is 3.10. The molecule has 0 spiro atoms. The Morgan fingerprint density at radius 2 is 1.49 bits per heavy atom. The molecule has 1 aromatic heterocycles. The molecule has 0 saturated carbocycles. The van der Waals surface area contributed by atoms with Gasteiger partial charge in [-0.2, -0.15) is 0 Å². The van der Waals surface area contributed by atoms with E-state index < -0.39 is 6.04 Å². The lowest BCUT2D eigenvalue weighted by molar-refractivity contribution is -0.135. The number of urea groups is 1. The number of nitrogens with two attached hydrogens (primary N) is 1. The molecule has 3 aliphatic rings. The minimum absolute atomic E-state index is 0.0104. The number of piperazine rings is 1. The van der Waals surface area contributed by atoms with Crippen LogP contribution in [0.1, 0.15) is 37.3 Å². The van der Waals surface area contributed by atoms with Gasteiger partial charge in [0, 0.05) is 86.0 Å². The van der Waals surface area contributed by atoms with Crippen LogP contribution in [0.5, 0.6) is 0 Å². The summed E-state index contributed by atoms with van der Waals surface area (Å²) >= 11 is 7.05. The number of aromatic nitrogens is 2. The number of carbonyl (C=O) groups excluding carboxylic acids is 2. The number of imidazole rings is 1. The van der Waals surface area contributed by atoms with Crippen LogP contribution in [0.4, 0.5) is 10.5 Å². The molecule has 3 aromatic rings. The molecule has 3 aliphatic heterocycles. The molecular weight excluding hydrogens is 728 g/mol. The number of aromatic amines is 1. The number of nitrogens with one attached hydrogen (secondary N) is 2. The molecule has 0 radical (unpaired) electrons. The third kappa shape index (κ3) is 7.96. The van der Waals surface area contributed by atoms with Crippen molar-refractivity contribution in [2.24, 2.45) is 0 Å². The van der Waals surface area contributed by atoms with E-state index in [1.54, 1.807) is 9.47 Å². The zero-order valence-electron chi connectivity index (χ0n) is 26.8. The quantitative estimate of drug-likeness (QED) is 0.311. The Hall–Kier alpha value is -3.13. The second-order valence-electron chi connectivity index (χ2n) is 13.0. The standard InChI is InChI=1S/C34H44Br2N8O3/c1-40-15-17-41(18-16-40)25-7-11-42(12-8-25)32(45)29(21-23-19-27(35)31(37)28(36)20-23)38-33(46)43-13-9-26(10-14-43)44-22-30(39-34(44)47)24-5-3-2-4-6-24/h2-6,19-20,22,25-26,29H,7-18,21,37H2,1H3,(H,38,46)(H,39,47)/t29-/m0/s1. The summed E-state index contributed by atoms with van der Waals surface area (Å²) in [6.07, 6.45) is 5.39. The Balaban J connectivity index is 1.10. The van der Waals surface area contributed by atoms with E-state index in [4.69, 9.17) is 5.73 Å². The van der Waals surface area contributed by atoms with Crippen LogP contribution in [0, 0.1) is 0 Å². The summed E-state index contributed by atoms with van der Waals surface area (Å²) in [5.41, 5.74) is 9.22. The summed E-state index contributed by atoms with van der Waals surface area (Å²) in [6.45, 7) is 6.63. The maximum absolute atomic E-state index is 14.1. The van der Waals surface area contributed by atoms with Gasteiger partial charge in [0.1, 0.15) is 6.04 Å². The number of nitrogens with zero attached hydrogens (tertiary/aromatic N) is 5. The molecule has 4 heterocycles. The lowest BCUT2D eigenvalue weighted by atomic mass is 9.99. The number of anilines is 1. The molecule has 13 heteroatoms. The average Bonchev–Trinajstić information content (AvgIpc) is 3.48. The molecule has 0 bridgehead atoms. The van der Waals surface area contributed by atoms with Gasteiger partial charge in [-0.3, -0.25) is 14.3 Å². The first-order valence-electron chi connectivity index (χ1n) is 16.5. The van der Waals surface area contributed by atoms with Crippen molar-refractivity contribution in [1.82, 2.24) is 34.5 Å². The number of carbonyl (C=O) groups is 2. The normalized spacial score (nSPS) is 19.6. The zero-order chi connectivity index (χ0) is 33.1. The van der Waals surface area contributed by atoms with E-state index in [-0.39, 0.29) is 23.7 Å². The molecule has 252 valence electrons. The number of rotatable bonds is 7. The number of H-pyrrole nitrogens is 1. The first-order chi connectivity index (χ1) is 22.7. The Morgan fingerprint density at radius 1 is 0.894 bits per heavy atom. The number of piperidine rings is 2. The largest absolute Gasteiger partial charge is 0.397 e. The Bertz CT molecular complexity index is 1580. The molecular formula is C34H44Br2N8O3. The highest BCUT2D eigenvalue weighted by Crippen LogP contribution is 2.31. The number of benzene rings is 2. The smallest absolute Gasteiger partial charge is 0.326 e. The third-order valence-corrected chi connectivity index (χ3v) is 11.3. The van der Waals surface area contributed by atoms with Crippen LogP contribution in [-0.4, -0.2) is 113 Å². The number of amides is 3. The monoisotopic (exact) mass is 770 g/mol. The van der Waals surface area contributed by atoms with Crippen molar-refractivity contribution in [2.45, 2.75) is 50.2 Å². The van der Waals surface area contributed by atoms with Gasteiger partial charge in [0.2, 0.25) is 5.91 Å². The number of likely N-dealkylation sites (N-methyl/N-ethyl adjacent to an activating group) is 1. The van der Waals surface area contributed by atoms with Gasteiger partial charge in [-0.15, -0.1) is 0 Å². The van der Waals surface area contributed by atoms with Gasteiger partial charge in [-0.1, -0.05) is 30.3 Å². The van der Waals surface area contributed by atoms with Crippen molar-refractivity contribution in [1.29, 1.82) is 0 Å². The van der Waals surface area contributed by atoms with Gasteiger partial charge in [0.25, 0.3) is 0 Å². The maximum Gasteiger partial charge on any atom is 0.326 e. The SMILES string of the molecule is CN1CCN(C2CCN(C(=O)[C@H](Cc3cc(Br)c(N)c(Br)c3)NC(=O)N3CCC(n4cc(-c5ccccc5)[nH]c4=O)CC3)CC2)CC1.